The summed E-state index contributed by atoms with van der Waals surface area (Å²) in [4.78, 5) is 4.63. The van der Waals surface area contributed by atoms with Crippen LogP contribution in [-0.4, -0.2) is 55.4 Å². The van der Waals surface area contributed by atoms with Crippen molar-refractivity contribution in [3.05, 3.63) is 57.6 Å². The Labute approximate surface area is 171 Å². The summed E-state index contributed by atoms with van der Waals surface area (Å²) < 4.78 is 5.70. The molecule has 0 radical (unpaired) electrons. The number of anilines is 1. The Hall–Kier alpha value is -1.46. The van der Waals surface area contributed by atoms with Gasteiger partial charge in [-0.05, 0) is 55.3 Å². The molecule has 6 heteroatoms. The zero-order chi connectivity index (χ0) is 19.4. The Kier molecular flexibility index (Phi) is 6.88. The molecule has 4 nitrogen and oxygen atoms in total. The van der Waals surface area contributed by atoms with Gasteiger partial charge in [-0.1, -0.05) is 29.3 Å². The van der Waals surface area contributed by atoms with Crippen LogP contribution in [-0.2, 0) is 0 Å². The number of hydrogen-bond donors (Lipinski definition) is 1. The van der Waals surface area contributed by atoms with Crippen LogP contribution in [0.25, 0.3) is 0 Å². The van der Waals surface area contributed by atoms with Crippen molar-refractivity contribution >= 4 is 28.9 Å². The van der Waals surface area contributed by atoms with Gasteiger partial charge in [0, 0.05) is 48.5 Å². The molecule has 0 aliphatic carbocycles. The number of benzene rings is 2. The third-order valence-electron chi connectivity index (χ3n) is 4.92. The highest BCUT2D eigenvalue weighted by molar-refractivity contribution is 6.31. The fraction of sp³-hybridized carbons (Fsp3) is 0.429. The number of ether oxygens (including phenoxy) is 1. The van der Waals surface area contributed by atoms with Gasteiger partial charge in [0.2, 0.25) is 0 Å². The van der Waals surface area contributed by atoms with Crippen LogP contribution in [0.15, 0.2) is 36.4 Å². The van der Waals surface area contributed by atoms with Crippen molar-refractivity contribution in [1.82, 2.24) is 4.90 Å². The second-order valence-corrected chi connectivity index (χ2v) is 7.94. The molecule has 3 rings (SSSR count). The van der Waals surface area contributed by atoms with Gasteiger partial charge < -0.3 is 14.7 Å². The van der Waals surface area contributed by atoms with E-state index in [1.165, 1.54) is 11.3 Å². The smallest absolute Gasteiger partial charge is 0.119 e. The van der Waals surface area contributed by atoms with E-state index in [4.69, 9.17) is 27.9 Å². The van der Waals surface area contributed by atoms with Crippen LogP contribution in [0, 0.1) is 13.8 Å². The summed E-state index contributed by atoms with van der Waals surface area (Å²) in [5.41, 5.74) is 3.40. The number of nitrogens with zero attached hydrogens (tertiary/aromatic N) is 2. The molecule has 1 heterocycles. The Morgan fingerprint density at radius 2 is 1.74 bits per heavy atom. The summed E-state index contributed by atoms with van der Waals surface area (Å²) in [6.07, 6.45) is -0.527. The summed E-state index contributed by atoms with van der Waals surface area (Å²) in [6, 6.07) is 11.5. The first kappa shape index (κ1) is 20.3. The first-order chi connectivity index (χ1) is 12.9. The summed E-state index contributed by atoms with van der Waals surface area (Å²) in [7, 11) is 0. The third kappa shape index (κ3) is 5.52. The lowest BCUT2D eigenvalue weighted by atomic mass is 10.1. The van der Waals surface area contributed by atoms with Gasteiger partial charge in [0.15, 0.2) is 0 Å². The molecule has 2 aromatic rings. The van der Waals surface area contributed by atoms with Gasteiger partial charge in [0.25, 0.3) is 0 Å². The molecule has 1 saturated heterocycles. The first-order valence-corrected chi connectivity index (χ1v) is 9.98. The predicted octanol–water partition coefficient (Wildman–Crippen LogP) is 4.17. The van der Waals surface area contributed by atoms with Crippen molar-refractivity contribution in [3.63, 3.8) is 0 Å². The van der Waals surface area contributed by atoms with Crippen molar-refractivity contribution in [2.75, 3.05) is 44.2 Å². The number of rotatable bonds is 6. The van der Waals surface area contributed by atoms with Crippen molar-refractivity contribution in [2.24, 2.45) is 0 Å². The molecule has 27 heavy (non-hydrogen) atoms. The summed E-state index contributed by atoms with van der Waals surface area (Å²) in [6.45, 7) is 8.58. The van der Waals surface area contributed by atoms with E-state index >= 15 is 0 Å². The number of halogens is 2. The molecule has 0 spiro atoms. The molecule has 0 bridgehead atoms. The van der Waals surface area contributed by atoms with E-state index in [-0.39, 0.29) is 6.61 Å². The van der Waals surface area contributed by atoms with Gasteiger partial charge in [0.1, 0.15) is 18.5 Å². The summed E-state index contributed by atoms with van der Waals surface area (Å²) in [5.74, 6) is 0.734. The normalized spacial score (nSPS) is 16.4. The predicted molar refractivity (Wildman–Crippen MR) is 113 cm³/mol. The maximum Gasteiger partial charge on any atom is 0.119 e. The minimum Gasteiger partial charge on any atom is -0.491 e. The Bertz CT molecular complexity index is 777. The molecule has 1 aliphatic rings. The zero-order valence-corrected chi connectivity index (χ0v) is 17.3. The molecule has 0 saturated carbocycles. The molecule has 1 N–H and O–H groups in total. The van der Waals surface area contributed by atoms with Gasteiger partial charge in [-0.2, -0.15) is 0 Å². The van der Waals surface area contributed by atoms with E-state index < -0.39 is 6.10 Å². The quantitative estimate of drug-likeness (QED) is 0.777. The molecule has 1 fully saturated rings. The lowest BCUT2D eigenvalue weighted by Crippen LogP contribution is -2.49. The number of β-amino-alcohol motifs (C(OH)–C–C–N with tert-alkyl or cyclic N) is 1. The fourth-order valence-electron chi connectivity index (χ4n) is 3.34. The monoisotopic (exact) mass is 408 g/mol. The van der Waals surface area contributed by atoms with E-state index in [2.05, 4.69) is 22.8 Å². The molecule has 1 atom stereocenters. The summed E-state index contributed by atoms with van der Waals surface area (Å²) in [5, 5.41) is 11.8. The van der Waals surface area contributed by atoms with Crippen LogP contribution in [0.4, 0.5) is 5.69 Å². The number of aliphatic hydroxyl groups is 1. The minimum absolute atomic E-state index is 0.273. The van der Waals surface area contributed by atoms with E-state index in [9.17, 15) is 5.11 Å². The average molecular weight is 409 g/mol. The third-order valence-corrected chi connectivity index (χ3v) is 5.58. The van der Waals surface area contributed by atoms with Crippen LogP contribution in [0.2, 0.25) is 10.0 Å². The van der Waals surface area contributed by atoms with Crippen molar-refractivity contribution in [2.45, 2.75) is 20.0 Å². The van der Waals surface area contributed by atoms with Gasteiger partial charge in [-0.3, -0.25) is 4.90 Å². The summed E-state index contributed by atoms with van der Waals surface area (Å²) >= 11 is 12.2. The highest BCUT2D eigenvalue weighted by Crippen LogP contribution is 2.25. The second-order valence-electron chi connectivity index (χ2n) is 7.09. The highest BCUT2D eigenvalue weighted by atomic mass is 35.5. The first-order valence-electron chi connectivity index (χ1n) is 9.23. The highest BCUT2D eigenvalue weighted by Gasteiger charge is 2.21. The van der Waals surface area contributed by atoms with Gasteiger partial charge >= 0.3 is 0 Å². The van der Waals surface area contributed by atoms with E-state index in [1.807, 2.05) is 37.3 Å². The number of hydrogen-bond acceptors (Lipinski definition) is 4. The maximum atomic E-state index is 10.3. The van der Waals surface area contributed by atoms with Crippen LogP contribution in [0.5, 0.6) is 5.75 Å². The second kappa shape index (κ2) is 9.16. The SMILES string of the molecule is Cc1cc(OC[C@H](O)CN2CCN(c3cc(Cl)ccc3C)CC2)ccc1Cl. The Morgan fingerprint density at radius 1 is 1.00 bits per heavy atom. The van der Waals surface area contributed by atoms with Crippen LogP contribution in [0.1, 0.15) is 11.1 Å². The maximum absolute atomic E-state index is 10.3. The average Bonchev–Trinajstić information content (AvgIpc) is 2.65. The number of aliphatic hydroxyl groups excluding tert-OH is 1. The van der Waals surface area contributed by atoms with Crippen LogP contribution >= 0.6 is 23.2 Å². The van der Waals surface area contributed by atoms with Crippen molar-refractivity contribution < 1.29 is 9.84 Å². The molecule has 0 aromatic heterocycles. The zero-order valence-electron chi connectivity index (χ0n) is 15.8. The van der Waals surface area contributed by atoms with Crippen molar-refractivity contribution in [3.8, 4) is 5.75 Å². The van der Waals surface area contributed by atoms with E-state index in [1.54, 1.807) is 0 Å². The van der Waals surface area contributed by atoms with Crippen LogP contribution in [0.3, 0.4) is 0 Å². The minimum atomic E-state index is -0.527. The molecular weight excluding hydrogens is 383 g/mol. The van der Waals surface area contributed by atoms with Gasteiger partial charge in [-0.15, -0.1) is 0 Å². The molecule has 146 valence electrons. The van der Waals surface area contributed by atoms with E-state index in [0.717, 1.165) is 47.5 Å². The Balaban J connectivity index is 1.45. The molecule has 0 unspecified atom stereocenters. The number of aryl methyl sites for hydroxylation is 2. The standard InChI is InChI=1S/C21H26Cl2N2O2/c1-15-3-4-17(22)12-21(15)25-9-7-24(8-10-25)13-18(26)14-27-19-5-6-20(23)16(2)11-19/h3-6,11-12,18,26H,7-10,13-14H2,1-2H3/t18-/m1/s1. The lowest BCUT2D eigenvalue weighted by molar-refractivity contribution is 0.0663. The topological polar surface area (TPSA) is 35.9 Å². The largest absolute Gasteiger partial charge is 0.491 e. The fourth-order valence-corrected chi connectivity index (χ4v) is 3.63. The molecule has 1 aliphatic heterocycles. The number of piperazine rings is 1. The van der Waals surface area contributed by atoms with E-state index in [0.29, 0.717) is 6.54 Å². The lowest BCUT2D eigenvalue weighted by Gasteiger charge is -2.37. The molecule has 2 aromatic carbocycles. The van der Waals surface area contributed by atoms with Crippen LogP contribution < -0.4 is 9.64 Å². The van der Waals surface area contributed by atoms with Gasteiger partial charge in [-0.25, -0.2) is 0 Å². The molecular formula is C21H26Cl2N2O2. The van der Waals surface area contributed by atoms with Crippen molar-refractivity contribution in [1.29, 1.82) is 0 Å². The molecule has 0 amide bonds. The van der Waals surface area contributed by atoms with Gasteiger partial charge in [0.05, 0.1) is 0 Å². The Morgan fingerprint density at radius 3 is 2.44 bits per heavy atom.